The maximum atomic E-state index is 10.1. The van der Waals surface area contributed by atoms with Crippen molar-refractivity contribution in [3.8, 4) is 23.0 Å². The van der Waals surface area contributed by atoms with Crippen molar-refractivity contribution in [3.63, 3.8) is 0 Å². The molecule has 0 radical (unpaired) electrons. The van der Waals surface area contributed by atoms with Crippen molar-refractivity contribution in [2.24, 2.45) is 0 Å². The van der Waals surface area contributed by atoms with Gasteiger partial charge in [-0.25, -0.2) is 0 Å². The van der Waals surface area contributed by atoms with Crippen molar-refractivity contribution >= 4 is 12.4 Å². The molecular formula is C24H34ClNO5. The molecule has 2 aromatic carbocycles. The number of unbranched alkanes of at least 4 members (excludes halogenated alkanes) is 3. The van der Waals surface area contributed by atoms with E-state index in [1.165, 1.54) is 25.3 Å². The molecule has 7 heteroatoms. The summed E-state index contributed by atoms with van der Waals surface area (Å²) in [5.41, 5.74) is 2.81. The van der Waals surface area contributed by atoms with Gasteiger partial charge < -0.3 is 20.4 Å². The van der Waals surface area contributed by atoms with Gasteiger partial charge >= 0.3 is 0 Å². The summed E-state index contributed by atoms with van der Waals surface area (Å²) < 4.78 is 0. The fourth-order valence-corrected chi connectivity index (χ4v) is 4.10. The van der Waals surface area contributed by atoms with Gasteiger partial charge in [0, 0.05) is 18.2 Å². The van der Waals surface area contributed by atoms with E-state index in [4.69, 9.17) is 4.84 Å². The zero-order chi connectivity index (χ0) is 21.5. The molecule has 1 atom stereocenters. The summed E-state index contributed by atoms with van der Waals surface area (Å²) in [4.78, 5) is 6.18. The van der Waals surface area contributed by atoms with Crippen molar-refractivity contribution in [3.05, 3.63) is 47.0 Å². The molecule has 0 fully saturated rings. The number of benzene rings is 2. The smallest absolute Gasteiger partial charge is 0.160 e. The molecule has 3 rings (SSSR count). The molecule has 2 aromatic rings. The van der Waals surface area contributed by atoms with Gasteiger partial charge in [0.05, 0.1) is 6.61 Å². The number of aromatic hydroxyl groups is 4. The van der Waals surface area contributed by atoms with Gasteiger partial charge in [0.25, 0.3) is 0 Å². The molecule has 0 saturated heterocycles. The summed E-state index contributed by atoms with van der Waals surface area (Å²) in [7, 11) is 0. The summed E-state index contributed by atoms with van der Waals surface area (Å²) in [6, 6.07) is 8.52. The summed E-state index contributed by atoms with van der Waals surface area (Å²) in [6.07, 6.45) is 7.61. The molecule has 1 unspecified atom stereocenters. The van der Waals surface area contributed by atoms with Crippen LogP contribution < -0.4 is 0 Å². The van der Waals surface area contributed by atoms with Crippen LogP contribution in [0.2, 0.25) is 0 Å². The number of hydrogen-bond donors (Lipinski definition) is 4. The molecule has 0 amide bonds. The van der Waals surface area contributed by atoms with Crippen LogP contribution in [-0.2, 0) is 24.1 Å². The first-order chi connectivity index (χ1) is 14.5. The van der Waals surface area contributed by atoms with E-state index in [2.05, 4.69) is 12.0 Å². The maximum absolute atomic E-state index is 10.1. The fraction of sp³-hybridized carbons (Fsp3) is 0.500. The highest BCUT2D eigenvalue weighted by Gasteiger charge is 2.27. The average molecular weight is 452 g/mol. The Labute approximate surface area is 190 Å². The van der Waals surface area contributed by atoms with Gasteiger partial charge in [0.2, 0.25) is 0 Å². The lowest BCUT2D eigenvalue weighted by molar-refractivity contribution is -0.188. The molecule has 0 saturated carbocycles. The summed E-state index contributed by atoms with van der Waals surface area (Å²) in [6.45, 7) is 3.54. The molecule has 31 heavy (non-hydrogen) atoms. The molecule has 6 nitrogen and oxygen atoms in total. The Morgan fingerprint density at radius 1 is 0.968 bits per heavy atom. The van der Waals surface area contributed by atoms with E-state index < -0.39 is 0 Å². The van der Waals surface area contributed by atoms with E-state index in [-0.39, 0.29) is 41.4 Å². The van der Waals surface area contributed by atoms with Crippen molar-refractivity contribution in [2.75, 3.05) is 13.2 Å². The molecule has 4 N–H and O–H groups in total. The number of hydrogen-bond acceptors (Lipinski definition) is 6. The van der Waals surface area contributed by atoms with Crippen LogP contribution in [0.15, 0.2) is 30.3 Å². The Bertz CT molecular complexity index is 845. The van der Waals surface area contributed by atoms with Crippen molar-refractivity contribution in [1.82, 2.24) is 5.06 Å². The van der Waals surface area contributed by atoms with Crippen molar-refractivity contribution in [1.29, 1.82) is 0 Å². The minimum Gasteiger partial charge on any atom is -0.504 e. The lowest BCUT2D eigenvalue weighted by atomic mass is 9.87. The summed E-state index contributed by atoms with van der Waals surface area (Å²) in [5.74, 6) is -0.284. The molecular weight excluding hydrogens is 418 g/mol. The Kier molecular flexibility index (Phi) is 9.75. The Morgan fingerprint density at radius 3 is 2.48 bits per heavy atom. The van der Waals surface area contributed by atoms with Crippen LogP contribution in [0.4, 0.5) is 0 Å². The van der Waals surface area contributed by atoms with Crippen LogP contribution >= 0.6 is 12.4 Å². The molecule has 0 spiro atoms. The Morgan fingerprint density at radius 2 is 1.74 bits per heavy atom. The van der Waals surface area contributed by atoms with E-state index >= 15 is 0 Å². The van der Waals surface area contributed by atoms with Crippen LogP contribution in [-0.4, -0.2) is 44.7 Å². The Hall–Kier alpha value is -2.15. The minimum absolute atomic E-state index is 0. The lowest BCUT2D eigenvalue weighted by Crippen LogP contribution is -2.40. The van der Waals surface area contributed by atoms with Gasteiger partial charge in [-0.2, -0.15) is 5.06 Å². The van der Waals surface area contributed by atoms with E-state index in [1.807, 2.05) is 6.07 Å². The number of phenolic OH excluding ortho intramolecular Hbond substituents is 4. The lowest BCUT2D eigenvalue weighted by Gasteiger charge is -2.34. The van der Waals surface area contributed by atoms with Crippen LogP contribution in [0.25, 0.3) is 0 Å². The van der Waals surface area contributed by atoms with Crippen LogP contribution in [0.5, 0.6) is 23.0 Å². The molecule has 0 aliphatic heterocycles. The second kappa shape index (κ2) is 12.0. The largest absolute Gasteiger partial charge is 0.504 e. The quantitative estimate of drug-likeness (QED) is 0.234. The number of hydroxylamine groups is 2. The highest BCUT2D eigenvalue weighted by molar-refractivity contribution is 5.85. The number of phenols is 4. The normalized spacial score (nSPS) is 15.5. The van der Waals surface area contributed by atoms with Gasteiger partial charge in [0.1, 0.15) is 0 Å². The molecule has 0 bridgehead atoms. The first kappa shape index (κ1) is 25.1. The third-order valence-electron chi connectivity index (χ3n) is 5.87. The standard InChI is InChI=1S/C24H33NO5.ClH/c1-2-3-4-5-13-25(30-14-12-17-6-10-21(26)23(28)15-17)19-8-9-20-18(16-19)7-11-22(27)24(20)29;/h6-7,10-11,15,19,26-29H,2-5,8-9,12-14,16H2,1H3;1H. The van der Waals surface area contributed by atoms with Crippen LogP contribution in [0.1, 0.15) is 55.7 Å². The van der Waals surface area contributed by atoms with Gasteiger partial charge in [-0.05, 0) is 61.4 Å². The first-order valence-electron chi connectivity index (χ1n) is 10.9. The second-order valence-corrected chi connectivity index (χ2v) is 8.08. The molecule has 0 aromatic heterocycles. The minimum atomic E-state index is -0.118. The molecule has 172 valence electrons. The van der Waals surface area contributed by atoms with E-state index in [0.717, 1.165) is 42.5 Å². The average Bonchev–Trinajstić information content (AvgIpc) is 2.75. The first-order valence-corrected chi connectivity index (χ1v) is 10.9. The van der Waals surface area contributed by atoms with Gasteiger partial charge in [-0.1, -0.05) is 38.3 Å². The summed E-state index contributed by atoms with van der Waals surface area (Å²) >= 11 is 0. The number of halogens is 1. The predicted molar refractivity (Wildman–Crippen MR) is 123 cm³/mol. The third kappa shape index (κ3) is 6.66. The third-order valence-corrected chi connectivity index (χ3v) is 5.87. The molecule has 0 heterocycles. The number of fused-ring (bicyclic) bond motifs is 1. The maximum Gasteiger partial charge on any atom is 0.160 e. The van der Waals surface area contributed by atoms with E-state index in [9.17, 15) is 20.4 Å². The van der Waals surface area contributed by atoms with Crippen molar-refractivity contribution in [2.45, 2.75) is 64.3 Å². The van der Waals surface area contributed by atoms with Crippen LogP contribution in [0.3, 0.4) is 0 Å². The van der Waals surface area contributed by atoms with Gasteiger partial charge in [0.15, 0.2) is 23.0 Å². The zero-order valence-electron chi connectivity index (χ0n) is 18.1. The number of rotatable bonds is 10. The predicted octanol–water partition coefficient (Wildman–Crippen LogP) is 4.84. The van der Waals surface area contributed by atoms with Crippen molar-refractivity contribution < 1.29 is 25.3 Å². The Balaban J connectivity index is 0.00000341. The zero-order valence-corrected chi connectivity index (χ0v) is 18.9. The topological polar surface area (TPSA) is 93.4 Å². The van der Waals surface area contributed by atoms with E-state index in [1.54, 1.807) is 18.2 Å². The monoisotopic (exact) mass is 451 g/mol. The second-order valence-electron chi connectivity index (χ2n) is 8.08. The highest BCUT2D eigenvalue weighted by Crippen LogP contribution is 2.37. The highest BCUT2D eigenvalue weighted by atomic mass is 35.5. The van der Waals surface area contributed by atoms with Gasteiger partial charge in [-0.15, -0.1) is 12.4 Å². The molecule has 1 aliphatic carbocycles. The van der Waals surface area contributed by atoms with Crippen LogP contribution in [0, 0.1) is 0 Å². The number of nitrogens with zero attached hydrogens (tertiary/aromatic N) is 1. The van der Waals surface area contributed by atoms with E-state index in [0.29, 0.717) is 19.4 Å². The summed E-state index contributed by atoms with van der Waals surface area (Å²) in [5, 5.41) is 41.1. The fourth-order valence-electron chi connectivity index (χ4n) is 4.10. The van der Waals surface area contributed by atoms with Gasteiger partial charge in [-0.3, -0.25) is 4.84 Å². The molecule has 1 aliphatic rings. The SMILES string of the molecule is CCCCCCN(OCCc1ccc(O)c(O)c1)C1CCc2c(ccc(O)c2O)C1.Cl.